The number of carbonyl (C=O) groups excluding carboxylic acids is 3. The smallest absolute Gasteiger partial charge is 0.258 e. The zero-order valence-corrected chi connectivity index (χ0v) is 19.2. The number of para-hydroxylation sites is 4. The molecule has 3 aromatic rings. The third-order valence-corrected chi connectivity index (χ3v) is 6.58. The van der Waals surface area contributed by atoms with E-state index in [2.05, 4.69) is 5.32 Å². The Bertz CT molecular complexity index is 1310. The standard InChI is InChI=1S/C26H22ClN3O4/c1-26-15-14-24(32)30(26)20-11-5-2-8-17(20)25(33)29(26)16-23(31)28-19-10-4-7-13-22(19)34-21-12-6-3-9-18(21)27/h2-13H,14-16H2,1H3,(H,28,31). The number of ether oxygens (including phenoxy) is 1. The predicted molar refractivity (Wildman–Crippen MR) is 129 cm³/mol. The van der Waals surface area contributed by atoms with Crippen molar-refractivity contribution >= 4 is 40.7 Å². The van der Waals surface area contributed by atoms with Crippen molar-refractivity contribution in [1.29, 1.82) is 0 Å². The largest absolute Gasteiger partial charge is 0.454 e. The van der Waals surface area contributed by atoms with Crippen molar-refractivity contribution in [3.63, 3.8) is 0 Å². The summed E-state index contributed by atoms with van der Waals surface area (Å²) in [7, 11) is 0. The van der Waals surface area contributed by atoms with Gasteiger partial charge < -0.3 is 15.0 Å². The molecule has 2 aliphatic rings. The van der Waals surface area contributed by atoms with E-state index in [0.717, 1.165) is 0 Å². The predicted octanol–water partition coefficient (Wildman–Crippen LogP) is 5.07. The number of benzene rings is 3. The quantitative estimate of drug-likeness (QED) is 0.558. The van der Waals surface area contributed by atoms with E-state index in [-0.39, 0.29) is 18.4 Å². The maximum absolute atomic E-state index is 13.4. The molecule has 0 saturated carbocycles. The third kappa shape index (κ3) is 3.68. The maximum atomic E-state index is 13.4. The van der Waals surface area contributed by atoms with Gasteiger partial charge in [-0.3, -0.25) is 19.3 Å². The van der Waals surface area contributed by atoms with Crippen molar-refractivity contribution in [2.75, 3.05) is 16.8 Å². The van der Waals surface area contributed by atoms with Gasteiger partial charge in [-0.15, -0.1) is 0 Å². The second-order valence-electron chi connectivity index (χ2n) is 8.43. The van der Waals surface area contributed by atoms with Crippen LogP contribution in [0.3, 0.4) is 0 Å². The number of anilines is 2. The van der Waals surface area contributed by atoms with Gasteiger partial charge in [-0.05, 0) is 49.7 Å². The first-order chi connectivity index (χ1) is 16.4. The highest BCUT2D eigenvalue weighted by atomic mass is 35.5. The maximum Gasteiger partial charge on any atom is 0.258 e. The van der Waals surface area contributed by atoms with Gasteiger partial charge in [0, 0.05) is 6.42 Å². The summed E-state index contributed by atoms with van der Waals surface area (Å²) in [6, 6.07) is 21.1. The number of rotatable bonds is 5. The first-order valence-electron chi connectivity index (χ1n) is 10.9. The van der Waals surface area contributed by atoms with Crippen molar-refractivity contribution in [2.24, 2.45) is 0 Å². The molecule has 0 spiro atoms. The molecule has 8 heteroatoms. The average Bonchev–Trinajstić information content (AvgIpc) is 3.14. The number of hydrogen-bond acceptors (Lipinski definition) is 4. The summed E-state index contributed by atoms with van der Waals surface area (Å²) >= 11 is 6.21. The molecule has 172 valence electrons. The molecule has 1 fully saturated rings. The van der Waals surface area contributed by atoms with Gasteiger partial charge in [0.15, 0.2) is 5.75 Å². The van der Waals surface area contributed by atoms with Crippen molar-refractivity contribution in [1.82, 2.24) is 4.90 Å². The lowest BCUT2D eigenvalue weighted by Gasteiger charge is -2.48. The minimum atomic E-state index is -0.909. The fourth-order valence-corrected chi connectivity index (χ4v) is 4.75. The van der Waals surface area contributed by atoms with E-state index < -0.39 is 11.6 Å². The number of amides is 3. The fraction of sp³-hybridized carbons (Fsp3) is 0.192. The van der Waals surface area contributed by atoms with Crippen LogP contribution in [0.15, 0.2) is 72.8 Å². The van der Waals surface area contributed by atoms with Crippen LogP contribution in [0, 0.1) is 0 Å². The molecule has 2 aliphatic heterocycles. The molecule has 2 heterocycles. The Balaban J connectivity index is 1.40. The summed E-state index contributed by atoms with van der Waals surface area (Å²) in [5.41, 5.74) is 0.535. The van der Waals surface area contributed by atoms with Crippen LogP contribution in [-0.2, 0) is 9.59 Å². The van der Waals surface area contributed by atoms with E-state index in [9.17, 15) is 14.4 Å². The molecule has 0 radical (unpaired) electrons. The van der Waals surface area contributed by atoms with Crippen molar-refractivity contribution in [3.8, 4) is 11.5 Å². The lowest BCUT2D eigenvalue weighted by Crippen LogP contribution is -2.63. The SMILES string of the molecule is CC12CCC(=O)N1c1ccccc1C(=O)N2CC(=O)Nc1ccccc1Oc1ccccc1Cl. The summed E-state index contributed by atoms with van der Waals surface area (Å²) in [6.45, 7) is 1.61. The second kappa shape index (κ2) is 8.50. The van der Waals surface area contributed by atoms with Gasteiger partial charge in [0.1, 0.15) is 18.0 Å². The number of halogens is 1. The molecule has 0 aromatic heterocycles. The number of hydrogen-bond donors (Lipinski definition) is 1. The van der Waals surface area contributed by atoms with Gasteiger partial charge >= 0.3 is 0 Å². The van der Waals surface area contributed by atoms with Crippen LogP contribution >= 0.6 is 11.6 Å². The zero-order valence-electron chi connectivity index (χ0n) is 18.5. The Morgan fingerprint density at radius 3 is 2.47 bits per heavy atom. The minimum Gasteiger partial charge on any atom is -0.454 e. The van der Waals surface area contributed by atoms with Crippen molar-refractivity contribution < 1.29 is 19.1 Å². The third-order valence-electron chi connectivity index (χ3n) is 6.27. The monoisotopic (exact) mass is 475 g/mol. The average molecular weight is 476 g/mol. The number of nitrogens with one attached hydrogen (secondary N) is 1. The number of fused-ring (bicyclic) bond motifs is 3. The molecule has 0 aliphatic carbocycles. The van der Waals surface area contributed by atoms with Crippen molar-refractivity contribution in [2.45, 2.75) is 25.4 Å². The van der Waals surface area contributed by atoms with Gasteiger partial charge in [-0.2, -0.15) is 0 Å². The lowest BCUT2D eigenvalue weighted by molar-refractivity contribution is -0.120. The highest BCUT2D eigenvalue weighted by Crippen LogP contribution is 2.44. The zero-order chi connectivity index (χ0) is 23.9. The summed E-state index contributed by atoms with van der Waals surface area (Å²) in [5.74, 6) is 0.138. The Kier molecular flexibility index (Phi) is 5.49. The number of carbonyl (C=O) groups is 3. The topological polar surface area (TPSA) is 79.0 Å². The Morgan fingerprint density at radius 1 is 1.00 bits per heavy atom. The van der Waals surface area contributed by atoms with Gasteiger partial charge in [-0.25, -0.2) is 0 Å². The second-order valence-corrected chi connectivity index (χ2v) is 8.84. The summed E-state index contributed by atoms with van der Waals surface area (Å²) in [6.07, 6.45) is 0.760. The van der Waals surface area contributed by atoms with Gasteiger partial charge in [-0.1, -0.05) is 48.0 Å². The molecule has 7 nitrogen and oxygen atoms in total. The van der Waals surface area contributed by atoms with Gasteiger partial charge in [0.25, 0.3) is 5.91 Å². The normalized spacial score (nSPS) is 19.0. The van der Waals surface area contributed by atoms with E-state index in [1.54, 1.807) is 77.7 Å². The Morgan fingerprint density at radius 2 is 1.68 bits per heavy atom. The van der Waals surface area contributed by atoms with E-state index >= 15 is 0 Å². The first-order valence-corrected chi connectivity index (χ1v) is 11.3. The molecule has 1 atom stereocenters. The van der Waals surface area contributed by atoms with E-state index in [1.807, 2.05) is 6.92 Å². The molecule has 3 amide bonds. The lowest BCUT2D eigenvalue weighted by atomic mass is 9.98. The minimum absolute atomic E-state index is 0.0636. The van der Waals surface area contributed by atoms with Gasteiger partial charge in [0.2, 0.25) is 11.8 Å². The molecule has 1 unspecified atom stereocenters. The fourth-order valence-electron chi connectivity index (χ4n) is 4.58. The van der Waals surface area contributed by atoms with E-state index in [0.29, 0.717) is 46.3 Å². The summed E-state index contributed by atoms with van der Waals surface area (Å²) < 4.78 is 5.92. The molecule has 0 bridgehead atoms. The van der Waals surface area contributed by atoms with Crippen molar-refractivity contribution in [3.05, 3.63) is 83.4 Å². The van der Waals surface area contributed by atoms with Gasteiger partial charge in [0.05, 0.1) is 22.0 Å². The highest BCUT2D eigenvalue weighted by Gasteiger charge is 2.53. The van der Waals surface area contributed by atoms with Crippen LogP contribution in [-0.4, -0.2) is 34.8 Å². The van der Waals surface area contributed by atoms with Crippen LogP contribution in [0.25, 0.3) is 0 Å². The molecule has 34 heavy (non-hydrogen) atoms. The van der Waals surface area contributed by atoms with Crippen LogP contribution in [0.5, 0.6) is 11.5 Å². The Hall–Kier alpha value is -3.84. The molecule has 5 rings (SSSR count). The first kappa shape index (κ1) is 22.0. The molecular formula is C26H22ClN3O4. The van der Waals surface area contributed by atoms with Crippen LogP contribution in [0.1, 0.15) is 30.1 Å². The van der Waals surface area contributed by atoms with E-state index in [1.165, 1.54) is 4.90 Å². The molecule has 1 saturated heterocycles. The molecular weight excluding hydrogens is 454 g/mol. The van der Waals surface area contributed by atoms with Crippen LogP contribution < -0.4 is 15.0 Å². The van der Waals surface area contributed by atoms with Crippen LogP contribution in [0.2, 0.25) is 5.02 Å². The summed E-state index contributed by atoms with van der Waals surface area (Å²) in [5, 5.41) is 3.29. The summed E-state index contributed by atoms with van der Waals surface area (Å²) in [4.78, 5) is 42.3. The Labute approximate surface area is 201 Å². The number of nitrogens with zero attached hydrogens (tertiary/aromatic N) is 2. The van der Waals surface area contributed by atoms with Crippen LogP contribution in [0.4, 0.5) is 11.4 Å². The molecule has 1 N–H and O–H groups in total. The van der Waals surface area contributed by atoms with E-state index in [4.69, 9.17) is 16.3 Å². The molecule has 3 aromatic carbocycles. The highest BCUT2D eigenvalue weighted by molar-refractivity contribution is 6.32.